The van der Waals surface area contributed by atoms with Crippen molar-refractivity contribution in [1.82, 2.24) is 20.5 Å². The van der Waals surface area contributed by atoms with Gasteiger partial charge < -0.3 is 20.3 Å². The summed E-state index contributed by atoms with van der Waals surface area (Å²) < 4.78 is 21.7. The second kappa shape index (κ2) is 9.35. The van der Waals surface area contributed by atoms with Gasteiger partial charge in [0, 0.05) is 17.5 Å². The molecule has 0 spiro atoms. The molecule has 2 aromatic carbocycles. The largest absolute Gasteiger partial charge is 0.496 e. The number of aromatic nitrogens is 1. The highest BCUT2D eigenvalue weighted by Gasteiger charge is 2.40. The van der Waals surface area contributed by atoms with Crippen LogP contribution in [0.1, 0.15) is 53.2 Å². The van der Waals surface area contributed by atoms with Crippen LogP contribution in [0.5, 0.6) is 5.75 Å². The molecule has 5 rings (SSSR count). The number of carbonyl (C=O) groups is 4. The zero-order chi connectivity index (χ0) is 27.4. The summed E-state index contributed by atoms with van der Waals surface area (Å²) in [6, 6.07) is 5.07. The average Bonchev–Trinajstić information content (AvgIpc) is 3.42. The Labute approximate surface area is 221 Å². The number of methoxy groups -OCH3 is 1. The molecule has 0 radical (unpaired) electrons. The van der Waals surface area contributed by atoms with E-state index >= 15 is 4.39 Å². The van der Waals surface area contributed by atoms with E-state index in [4.69, 9.17) is 4.74 Å². The predicted octanol–water partition coefficient (Wildman–Crippen LogP) is 3.57. The number of benzene rings is 2. The number of ether oxygens (including phenoxy) is 1. The van der Waals surface area contributed by atoms with Crippen molar-refractivity contribution >= 4 is 51.0 Å². The molecule has 1 atom stereocenters. The number of hydrogen-bond donors (Lipinski definition) is 3. The lowest BCUT2D eigenvalue weighted by Gasteiger charge is -2.29. The van der Waals surface area contributed by atoms with Crippen LogP contribution in [0.4, 0.5) is 14.9 Å². The number of aryl methyl sites for hydroxylation is 1. The van der Waals surface area contributed by atoms with E-state index in [1.54, 1.807) is 21.0 Å². The van der Waals surface area contributed by atoms with E-state index in [2.05, 4.69) is 20.9 Å². The van der Waals surface area contributed by atoms with Gasteiger partial charge in [-0.1, -0.05) is 0 Å². The number of imide groups is 1. The first-order valence-corrected chi connectivity index (χ1v) is 12.8. The molecule has 38 heavy (non-hydrogen) atoms. The predicted molar refractivity (Wildman–Crippen MR) is 139 cm³/mol. The van der Waals surface area contributed by atoms with Crippen molar-refractivity contribution in [3.05, 3.63) is 51.8 Å². The van der Waals surface area contributed by atoms with Gasteiger partial charge in [-0.05, 0) is 57.0 Å². The number of thiazole rings is 1. The Hall–Kier alpha value is -4.06. The number of halogens is 1. The molecule has 3 aromatic rings. The third-order valence-corrected chi connectivity index (χ3v) is 8.11. The lowest BCUT2D eigenvalue weighted by molar-refractivity contribution is -0.136. The normalized spacial score (nSPS) is 17.4. The highest BCUT2D eigenvalue weighted by molar-refractivity contribution is 7.18. The zero-order valence-corrected chi connectivity index (χ0v) is 22.0. The summed E-state index contributed by atoms with van der Waals surface area (Å²) in [7, 11) is 1.60. The maximum atomic E-state index is 15.4. The number of rotatable bonds is 5. The van der Waals surface area contributed by atoms with Gasteiger partial charge >= 0.3 is 6.03 Å². The average molecular weight is 540 g/mol. The molecule has 10 nitrogen and oxygen atoms in total. The van der Waals surface area contributed by atoms with E-state index in [1.807, 2.05) is 19.1 Å². The molecule has 1 aromatic heterocycles. The standard InChI is InChI=1S/C26H26FN5O5S/c1-12-9-16-19(10-18(12)37-4)38-24(28-16)26(2,3)31-25(36)29-15-6-5-13-14(21(15)27)11-32(23(13)35)17-7-8-20(33)30-22(17)34/h5-6,9-10,17H,7-8,11H2,1-4H3,(H2,29,31,36)(H,30,33,34). The van der Waals surface area contributed by atoms with Crippen molar-refractivity contribution < 1.29 is 28.3 Å². The van der Waals surface area contributed by atoms with Crippen molar-refractivity contribution in [2.75, 3.05) is 12.4 Å². The Bertz CT molecular complexity index is 1520. The molecule has 198 valence electrons. The van der Waals surface area contributed by atoms with E-state index in [9.17, 15) is 19.2 Å². The van der Waals surface area contributed by atoms with Crippen LogP contribution in [-0.4, -0.2) is 46.8 Å². The molecule has 1 fully saturated rings. The van der Waals surface area contributed by atoms with Crippen molar-refractivity contribution in [1.29, 1.82) is 0 Å². The summed E-state index contributed by atoms with van der Waals surface area (Å²) in [6.45, 7) is 5.38. The molecule has 1 unspecified atom stereocenters. The summed E-state index contributed by atoms with van der Waals surface area (Å²) in [5.74, 6) is -1.47. The van der Waals surface area contributed by atoms with E-state index in [-0.39, 0.29) is 36.2 Å². The van der Waals surface area contributed by atoms with Gasteiger partial charge in [0.25, 0.3) is 5.91 Å². The third-order valence-electron chi connectivity index (χ3n) is 6.76. The van der Waals surface area contributed by atoms with Crippen LogP contribution in [0.15, 0.2) is 24.3 Å². The molecule has 0 saturated carbocycles. The number of nitrogens with one attached hydrogen (secondary N) is 3. The number of fused-ring (bicyclic) bond motifs is 2. The number of anilines is 1. The minimum Gasteiger partial charge on any atom is -0.496 e. The summed E-state index contributed by atoms with van der Waals surface area (Å²) in [4.78, 5) is 55.4. The van der Waals surface area contributed by atoms with Crippen LogP contribution >= 0.6 is 11.3 Å². The lowest BCUT2D eigenvalue weighted by Crippen LogP contribution is -2.52. The summed E-state index contributed by atoms with van der Waals surface area (Å²) in [5.41, 5.74) is 0.974. The molecule has 3 heterocycles. The molecular weight excluding hydrogens is 513 g/mol. The van der Waals surface area contributed by atoms with Gasteiger partial charge in [-0.15, -0.1) is 11.3 Å². The number of hydrogen-bond acceptors (Lipinski definition) is 7. The summed E-state index contributed by atoms with van der Waals surface area (Å²) in [5, 5.41) is 8.24. The highest BCUT2D eigenvalue weighted by Crippen LogP contribution is 2.35. The van der Waals surface area contributed by atoms with Crippen LogP contribution < -0.4 is 20.7 Å². The Kier molecular flexibility index (Phi) is 6.30. The quantitative estimate of drug-likeness (QED) is 0.425. The number of urea groups is 1. The Morgan fingerprint density at radius 2 is 2.03 bits per heavy atom. The van der Waals surface area contributed by atoms with Gasteiger partial charge in [-0.2, -0.15) is 0 Å². The van der Waals surface area contributed by atoms with Crippen LogP contribution in [0.3, 0.4) is 0 Å². The Morgan fingerprint density at radius 1 is 1.26 bits per heavy atom. The smallest absolute Gasteiger partial charge is 0.320 e. The molecule has 3 N–H and O–H groups in total. The Balaban J connectivity index is 1.31. The molecule has 12 heteroatoms. The second-order valence-electron chi connectivity index (χ2n) is 9.87. The highest BCUT2D eigenvalue weighted by atomic mass is 32.1. The first-order chi connectivity index (χ1) is 18.0. The molecule has 0 aliphatic carbocycles. The monoisotopic (exact) mass is 539 g/mol. The molecule has 2 aliphatic rings. The van der Waals surface area contributed by atoms with E-state index in [1.165, 1.54) is 28.4 Å². The van der Waals surface area contributed by atoms with Crippen LogP contribution in [-0.2, 0) is 21.7 Å². The van der Waals surface area contributed by atoms with E-state index < -0.39 is 41.2 Å². The molecule has 0 bridgehead atoms. The van der Waals surface area contributed by atoms with Gasteiger partial charge in [-0.25, -0.2) is 14.2 Å². The van der Waals surface area contributed by atoms with Gasteiger partial charge in [0.2, 0.25) is 11.8 Å². The van der Waals surface area contributed by atoms with Gasteiger partial charge in [0.15, 0.2) is 5.82 Å². The minimum atomic E-state index is -0.874. The fourth-order valence-corrected chi connectivity index (χ4v) is 5.77. The SMILES string of the molecule is COc1cc2sc(C(C)(C)NC(=O)Nc3ccc4c(c3F)CN(C3CCC(=O)NC3=O)C4=O)nc2cc1C. The molecule has 2 aliphatic heterocycles. The lowest BCUT2D eigenvalue weighted by atomic mass is 10.0. The van der Waals surface area contributed by atoms with Crippen LogP contribution in [0.25, 0.3) is 10.2 Å². The Morgan fingerprint density at radius 3 is 2.74 bits per heavy atom. The number of piperidine rings is 1. The van der Waals surface area contributed by atoms with Gasteiger partial charge in [0.1, 0.15) is 16.8 Å². The fourth-order valence-electron chi connectivity index (χ4n) is 4.74. The van der Waals surface area contributed by atoms with Crippen LogP contribution in [0, 0.1) is 12.7 Å². The van der Waals surface area contributed by atoms with Crippen molar-refractivity contribution in [3.8, 4) is 5.75 Å². The van der Waals surface area contributed by atoms with E-state index in [0.717, 1.165) is 21.5 Å². The van der Waals surface area contributed by atoms with Crippen molar-refractivity contribution in [2.45, 2.75) is 51.7 Å². The number of amides is 5. The zero-order valence-electron chi connectivity index (χ0n) is 21.2. The molecule has 1 saturated heterocycles. The maximum absolute atomic E-state index is 15.4. The van der Waals surface area contributed by atoms with Gasteiger partial charge in [-0.3, -0.25) is 19.7 Å². The molecule has 5 amide bonds. The second-order valence-corrected chi connectivity index (χ2v) is 10.9. The summed E-state index contributed by atoms with van der Waals surface area (Å²) in [6.07, 6.45) is 0.274. The fraction of sp³-hybridized carbons (Fsp3) is 0.346. The number of nitrogens with zero attached hydrogens (tertiary/aromatic N) is 2. The van der Waals surface area contributed by atoms with Crippen molar-refractivity contribution in [2.24, 2.45) is 0 Å². The van der Waals surface area contributed by atoms with Crippen molar-refractivity contribution in [3.63, 3.8) is 0 Å². The third kappa shape index (κ3) is 4.44. The molecular formula is C26H26FN5O5S. The minimum absolute atomic E-state index is 0.0900. The summed E-state index contributed by atoms with van der Waals surface area (Å²) >= 11 is 1.42. The van der Waals surface area contributed by atoms with Gasteiger partial charge in [0.05, 0.1) is 35.1 Å². The number of carbonyl (C=O) groups excluding carboxylic acids is 4. The van der Waals surface area contributed by atoms with Crippen LogP contribution in [0.2, 0.25) is 0 Å². The van der Waals surface area contributed by atoms with E-state index in [0.29, 0.717) is 5.01 Å². The maximum Gasteiger partial charge on any atom is 0.320 e. The first kappa shape index (κ1) is 25.6. The first-order valence-electron chi connectivity index (χ1n) is 12.0. The topological polar surface area (TPSA) is 130 Å².